The van der Waals surface area contributed by atoms with Gasteiger partial charge >= 0.3 is 0 Å². The summed E-state index contributed by atoms with van der Waals surface area (Å²) in [6, 6.07) is 1.51. The van der Waals surface area contributed by atoms with Crippen LogP contribution < -0.4 is 5.32 Å². The van der Waals surface area contributed by atoms with Crippen LogP contribution in [0.5, 0.6) is 0 Å². The van der Waals surface area contributed by atoms with Crippen molar-refractivity contribution in [3.63, 3.8) is 0 Å². The Labute approximate surface area is 113 Å². The molecule has 1 saturated carbocycles. The van der Waals surface area contributed by atoms with Gasteiger partial charge in [-0.3, -0.25) is 0 Å². The zero-order valence-electron chi connectivity index (χ0n) is 12.2. The van der Waals surface area contributed by atoms with E-state index >= 15 is 0 Å². The molecular formula is C15H31NS. The summed E-state index contributed by atoms with van der Waals surface area (Å²) in [5.41, 5.74) is 0. The molecule has 1 fully saturated rings. The Bertz CT molecular complexity index is 195. The van der Waals surface area contributed by atoms with E-state index in [0.29, 0.717) is 0 Å². The third-order valence-corrected chi connectivity index (χ3v) is 5.50. The molecule has 0 aromatic rings. The van der Waals surface area contributed by atoms with E-state index in [9.17, 15) is 0 Å². The standard InChI is InChI=1S/C15H31NS/c1-5-12(3)11-13(6-2)16-14-9-7-8-10-15(14)17-4/h12-16H,5-11H2,1-4H3. The van der Waals surface area contributed by atoms with Crippen LogP contribution in [0, 0.1) is 5.92 Å². The second-order valence-corrected chi connectivity index (χ2v) is 6.76. The Morgan fingerprint density at radius 1 is 1.18 bits per heavy atom. The van der Waals surface area contributed by atoms with E-state index in [1.54, 1.807) is 0 Å². The van der Waals surface area contributed by atoms with Crippen LogP contribution in [0.3, 0.4) is 0 Å². The van der Waals surface area contributed by atoms with Crippen molar-refractivity contribution in [3.8, 4) is 0 Å². The second-order valence-electron chi connectivity index (χ2n) is 5.69. The highest BCUT2D eigenvalue weighted by molar-refractivity contribution is 7.99. The van der Waals surface area contributed by atoms with Gasteiger partial charge in [0.2, 0.25) is 0 Å². The average molecular weight is 257 g/mol. The van der Waals surface area contributed by atoms with Crippen molar-refractivity contribution in [2.75, 3.05) is 6.26 Å². The van der Waals surface area contributed by atoms with E-state index in [1.807, 2.05) is 0 Å². The molecule has 0 spiro atoms. The predicted molar refractivity (Wildman–Crippen MR) is 80.8 cm³/mol. The number of thioether (sulfide) groups is 1. The van der Waals surface area contributed by atoms with Crippen LogP contribution in [-0.2, 0) is 0 Å². The Hall–Kier alpha value is 0.310. The van der Waals surface area contributed by atoms with Crippen molar-refractivity contribution in [1.29, 1.82) is 0 Å². The minimum Gasteiger partial charge on any atom is -0.310 e. The Balaban J connectivity index is 2.42. The van der Waals surface area contributed by atoms with Gasteiger partial charge in [-0.2, -0.15) is 11.8 Å². The highest BCUT2D eigenvalue weighted by atomic mass is 32.2. The van der Waals surface area contributed by atoms with Crippen LogP contribution in [0.4, 0.5) is 0 Å². The Morgan fingerprint density at radius 2 is 1.88 bits per heavy atom. The molecule has 0 amide bonds. The normalized spacial score (nSPS) is 28.9. The molecule has 0 aliphatic heterocycles. The highest BCUT2D eigenvalue weighted by Crippen LogP contribution is 2.28. The number of hydrogen-bond donors (Lipinski definition) is 1. The molecular weight excluding hydrogens is 226 g/mol. The topological polar surface area (TPSA) is 12.0 Å². The van der Waals surface area contributed by atoms with Gasteiger partial charge in [-0.05, 0) is 37.9 Å². The fourth-order valence-corrected chi connectivity index (χ4v) is 3.82. The lowest BCUT2D eigenvalue weighted by Crippen LogP contribution is -2.46. The molecule has 1 nitrogen and oxygen atoms in total. The van der Waals surface area contributed by atoms with E-state index in [2.05, 4.69) is 44.1 Å². The summed E-state index contributed by atoms with van der Waals surface area (Å²) < 4.78 is 0. The lowest BCUT2D eigenvalue weighted by Gasteiger charge is -2.35. The summed E-state index contributed by atoms with van der Waals surface area (Å²) in [5.74, 6) is 0.865. The fraction of sp³-hybridized carbons (Fsp3) is 1.00. The van der Waals surface area contributed by atoms with Crippen LogP contribution in [0.15, 0.2) is 0 Å². The third kappa shape index (κ3) is 5.21. The lowest BCUT2D eigenvalue weighted by atomic mass is 9.92. The summed E-state index contributed by atoms with van der Waals surface area (Å²) in [6.45, 7) is 7.02. The molecule has 102 valence electrons. The van der Waals surface area contributed by atoms with Gasteiger partial charge in [0.05, 0.1) is 0 Å². The molecule has 4 unspecified atom stereocenters. The monoisotopic (exact) mass is 257 g/mol. The van der Waals surface area contributed by atoms with E-state index in [-0.39, 0.29) is 0 Å². The van der Waals surface area contributed by atoms with Crippen LogP contribution in [-0.4, -0.2) is 23.6 Å². The zero-order chi connectivity index (χ0) is 12.7. The summed E-state index contributed by atoms with van der Waals surface area (Å²) in [6.07, 6.45) is 11.9. The molecule has 0 heterocycles. The van der Waals surface area contributed by atoms with Gasteiger partial charge in [0, 0.05) is 17.3 Å². The number of nitrogens with one attached hydrogen (secondary N) is 1. The van der Waals surface area contributed by atoms with Crippen LogP contribution in [0.2, 0.25) is 0 Å². The smallest absolute Gasteiger partial charge is 0.0198 e. The maximum absolute atomic E-state index is 3.95. The summed E-state index contributed by atoms with van der Waals surface area (Å²) in [5, 5.41) is 4.81. The van der Waals surface area contributed by atoms with E-state index in [0.717, 1.165) is 23.3 Å². The first kappa shape index (κ1) is 15.4. The second kappa shape index (κ2) is 8.42. The molecule has 0 aromatic carbocycles. The summed E-state index contributed by atoms with van der Waals surface area (Å²) in [4.78, 5) is 0. The first-order valence-corrected chi connectivity index (χ1v) is 8.78. The highest BCUT2D eigenvalue weighted by Gasteiger charge is 2.26. The minimum absolute atomic E-state index is 0.739. The fourth-order valence-electron chi connectivity index (χ4n) is 2.88. The van der Waals surface area contributed by atoms with Crippen molar-refractivity contribution in [2.45, 2.75) is 83.1 Å². The summed E-state index contributed by atoms with van der Waals surface area (Å²) in [7, 11) is 0. The van der Waals surface area contributed by atoms with E-state index in [1.165, 1.54) is 44.9 Å². The largest absolute Gasteiger partial charge is 0.310 e. The third-order valence-electron chi connectivity index (χ3n) is 4.33. The molecule has 4 atom stereocenters. The van der Waals surface area contributed by atoms with Crippen LogP contribution in [0.1, 0.15) is 65.7 Å². The molecule has 0 aromatic heterocycles. The van der Waals surface area contributed by atoms with Crippen LogP contribution in [0.25, 0.3) is 0 Å². The van der Waals surface area contributed by atoms with E-state index < -0.39 is 0 Å². The van der Waals surface area contributed by atoms with Gasteiger partial charge in [0.1, 0.15) is 0 Å². The van der Waals surface area contributed by atoms with Crippen molar-refractivity contribution >= 4 is 11.8 Å². The summed E-state index contributed by atoms with van der Waals surface area (Å²) >= 11 is 2.07. The van der Waals surface area contributed by atoms with Gasteiger partial charge in [0.25, 0.3) is 0 Å². The molecule has 2 heteroatoms. The van der Waals surface area contributed by atoms with Gasteiger partial charge in [0.15, 0.2) is 0 Å². The predicted octanol–water partition coefficient (Wildman–Crippen LogP) is 4.47. The van der Waals surface area contributed by atoms with Gasteiger partial charge < -0.3 is 5.32 Å². The number of hydrogen-bond acceptors (Lipinski definition) is 2. The van der Waals surface area contributed by atoms with Crippen molar-refractivity contribution in [2.24, 2.45) is 5.92 Å². The molecule has 1 rings (SSSR count). The van der Waals surface area contributed by atoms with Crippen LogP contribution >= 0.6 is 11.8 Å². The number of rotatable bonds is 7. The van der Waals surface area contributed by atoms with Gasteiger partial charge in [-0.15, -0.1) is 0 Å². The van der Waals surface area contributed by atoms with Crippen molar-refractivity contribution in [1.82, 2.24) is 5.32 Å². The molecule has 1 N–H and O–H groups in total. The van der Waals surface area contributed by atoms with Gasteiger partial charge in [-0.25, -0.2) is 0 Å². The zero-order valence-corrected chi connectivity index (χ0v) is 13.0. The Morgan fingerprint density at radius 3 is 2.47 bits per heavy atom. The maximum Gasteiger partial charge on any atom is 0.0198 e. The Kier molecular flexibility index (Phi) is 7.61. The molecule has 1 aliphatic carbocycles. The van der Waals surface area contributed by atoms with Gasteiger partial charge in [-0.1, -0.05) is 40.0 Å². The molecule has 0 saturated heterocycles. The average Bonchev–Trinajstić information content (AvgIpc) is 2.38. The molecule has 0 radical (unpaired) electrons. The molecule has 1 aliphatic rings. The molecule has 0 bridgehead atoms. The van der Waals surface area contributed by atoms with Crippen molar-refractivity contribution in [3.05, 3.63) is 0 Å². The van der Waals surface area contributed by atoms with E-state index in [4.69, 9.17) is 0 Å². The SMILES string of the molecule is CCC(C)CC(CC)NC1CCCCC1SC. The quantitative estimate of drug-likeness (QED) is 0.722. The first-order chi connectivity index (χ1) is 8.21. The lowest BCUT2D eigenvalue weighted by molar-refractivity contribution is 0.305. The minimum atomic E-state index is 0.739. The first-order valence-electron chi connectivity index (χ1n) is 7.50. The maximum atomic E-state index is 3.95. The van der Waals surface area contributed by atoms with Crippen molar-refractivity contribution < 1.29 is 0 Å². The molecule has 17 heavy (non-hydrogen) atoms.